The molecule has 5 nitrogen and oxygen atoms in total. The molecule has 0 fully saturated rings. The summed E-state index contributed by atoms with van der Waals surface area (Å²) in [6, 6.07) is 18.6. The molecule has 0 bridgehead atoms. The predicted molar refractivity (Wildman–Crippen MR) is 119 cm³/mol. The van der Waals surface area contributed by atoms with Gasteiger partial charge in [0.2, 0.25) is 11.8 Å². The molecule has 3 aromatic carbocycles. The average Bonchev–Trinajstić information content (AvgIpc) is 2.69. The van der Waals surface area contributed by atoms with Gasteiger partial charge in [-0.15, -0.1) is 0 Å². The molecule has 29 heavy (non-hydrogen) atoms. The van der Waals surface area contributed by atoms with Gasteiger partial charge in [-0.1, -0.05) is 65.7 Å². The van der Waals surface area contributed by atoms with E-state index in [1.54, 1.807) is 25.1 Å². The largest absolute Gasteiger partial charge is 0.326 e. The maximum absolute atomic E-state index is 12.3. The maximum Gasteiger partial charge on any atom is 0.244 e. The zero-order valence-electron chi connectivity index (χ0n) is 15.7. The fraction of sp³-hybridized carbons (Fsp3) is 0.136. The van der Waals surface area contributed by atoms with Crippen molar-refractivity contribution in [3.8, 4) is 0 Å². The van der Waals surface area contributed by atoms with Gasteiger partial charge in [0.25, 0.3) is 0 Å². The summed E-state index contributed by atoms with van der Waals surface area (Å²) in [5.74, 6) is -0.515. The van der Waals surface area contributed by atoms with Gasteiger partial charge in [0.05, 0.1) is 22.9 Å². The number of hydrogen-bond donors (Lipinski definition) is 2. The van der Waals surface area contributed by atoms with Gasteiger partial charge < -0.3 is 5.32 Å². The fourth-order valence-corrected chi connectivity index (χ4v) is 3.17. The van der Waals surface area contributed by atoms with Crippen LogP contribution in [-0.2, 0) is 16.0 Å². The van der Waals surface area contributed by atoms with Gasteiger partial charge in [-0.3, -0.25) is 9.59 Å². The van der Waals surface area contributed by atoms with Gasteiger partial charge in [0.1, 0.15) is 0 Å². The van der Waals surface area contributed by atoms with Gasteiger partial charge in [-0.2, -0.15) is 5.10 Å². The van der Waals surface area contributed by atoms with Crippen LogP contribution in [0.25, 0.3) is 10.8 Å². The molecule has 3 aromatic rings. The Hall–Kier alpha value is -2.89. The summed E-state index contributed by atoms with van der Waals surface area (Å²) >= 11 is 11.8. The Morgan fingerprint density at radius 3 is 2.48 bits per heavy atom. The molecule has 7 heteroatoms. The lowest BCUT2D eigenvalue weighted by molar-refractivity contribution is -0.120. The number of anilines is 1. The van der Waals surface area contributed by atoms with Gasteiger partial charge in [0, 0.05) is 11.4 Å². The third-order valence-electron chi connectivity index (χ3n) is 4.22. The minimum Gasteiger partial charge on any atom is -0.326 e. The Labute approximate surface area is 178 Å². The zero-order valence-corrected chi connectivity index (χ0v) is 17.2. The van der Waals surface area contributed by atoms with Crippen LogP contribution in [0.4, 0.5) is 5.69 Å². The normalized spacial score (nSPS) is 11.3. The van der Waals surface area contributed by atoms with E-state index in [0.717, 1.165) is 16.3 Å². The average molecular weight is 428 g/mol. The van der Waals surface area contributed by atoms with Crippen LogP contribution in [0.15, 0.2) is 65.8 Å². The minimum atomic E-state index is -0.270. The molecule has 2 N–H and O–H groups in total. The summed E-state index contributed by atoms with van der Waals surface area (Å²) in [7, 11) is 0. The Morgan fingerprint density at radius 2 is 1.69 bits per heavy atom. The third kappa shape index (κ3) is 5.79. The van der Waals surface area contributed by atoms with E-state index in [9.17, 15) is 9.59 Å². The second-order valence-corrected chi connectivity index (χ2v) is 7.37. The number of nitrogens with one attached hydrogen (secondary N) is 2. The summed E-state index contributed by atoms with van der Waals surface area (Å²) in [5, 5.41) is 9.62. The Kier molecular flexibility index (Phi) is 6.86. The molecule has 0 atom stereocenters. The lowest BCUT2D eigenvalue weighted by Crippen LogP contribution is -2.23. The molecule has 2 amide bonds. The number of benzene rings is 3. The number of rotatable bonds is 6. The topological polar surface area (TPSA) is 70.6 Å². The molecule has 0 aliphatic rings. The van der Waals surface area contributed by atoms with Crippen molar-refractivity contribution < 1.29 is 9.59 Å². The van der Waals surface area contributed by atoms with Crippen molar-refractivity contribution in [1.82, 2.24) is 5.43 Å². The summed E-state index contributed by atoms with van der Waals surface area (Å²) in [4.78, 5) is 24.4. The summed E-state index contributed by atoms with van der Waals surface area (Å²) in [6.45, 7) is 1.67. The van der Waals surface area contributed by atoms with E-state index in [1.807, 2.05) is 42.5 Å². The smallest absolute Gasteiger partial charge is 0.244 e. The molecule has 0 heterocycles. The summed E-state index contributed by atoms with van der Waals surface area (Å²) in [6.07, 6.45) is 0.238. The predicted octanol–water partition coefficient (Wildman–Crippen LogP) is 5.21. The standard InChI is InChI=1S/C22H19Cl2N3O2/c1-14(11-21(28)25-17-9-10-19(23)20(24)13-17)26-27-22(29)12-16-7-4-6-15-5-2-3-8-18(15)16/h2-10,13H,11-12H2,1H3,(H,25,28)(H,27,29). The first kappa shape index (κ1) is 20.8. The number of hydrogen-bond acceptors (Lipinski definition) is 3. The van der Waals surface area contributed by atoms with E-state index >= 15 is 0 Å². The van der Waals surface area contributed by atoms with E-state index in [1.165, 1.54) is 0 Å². The number of carbonyl (C=O) groups is 2. The lowest BCUT2D eigenvalue weighted by Gasteiger charge is -2.07. The van der Waals surface area contributed by atoms with Crippen LogP contribution >= 0.6 is 23.2 Å². The molecular formula is C22H19Cl2N3O2. The quantitative estimate of drug-likeness (QED) is 0.418. The first-order chi connectivity index (χ1) is 13.9. The zero-order chi connectivity index (χ0) is 20.8. The monoisotopic (exact) mass is 427 g/mol. The maximum atomic E-state index is 12.3. The van der Waals surface area contributed by atoms with Crippen LogP contribution in [0.2, 0.25) is 10.0 Å². The van der Waals surface area contributed by atoms with Crippen molar-refractivity contribution in [3.63, 3.8) is 0 Å². The molecule has 0 unspecified atom stereocenters. The summed E-state index contributed by atoms with van der Waals surface area (Å²) < 4.78 is 0. The van der Waals surface area contributed by atoms with Gasteiger partial charge in [-0.25, -0.2) is 5.43 Å². The molecule has 0 aliphatic heterocycles. The molecule has 0 aliphatic carbocycles. The van der Waals surface area contributed by atoms with E-state index in [0.29, 0.717) is 21.4 Å². The molecule has 0 radical (unpaired) electrons. The van der Waals surface area contributed by atoms with Crippen LogP contribution in [0.3, 0.4) is 0 Å². The van der Waals surface area contributed by atoms with E-state index < -0.39 is 0 Å². The lowest BCUT2D eigenvalue weighted by atomic mass is 10.0. The van der Waals surface area contributed by atoms with Crippen molar-refractivity contribution >= 4 is 57.2 Å². The number of carbonyl (C=O) groups excluding carboxylic acids is 2. The second kappa shape index (κ2) is 9.54. The molecule has 3 rings (SSSR count). The first-order valence-corrected chi connectivity index (χ1v) is 9.71. The van der Waals surface area contributed by atoms with E-state index in [2.05, 4.69) is 15.8 Å². The molecular weight excluding hydrogens is 409 g/mol. The highest BCUT2D eigenvalue weighted by molar-refractivity contribution is 6.42. The van der Waals surface area contributed by atoms with Crippen molar-refractivity contribution in [1.29, 1.82) is 0 Å². The Balaban J connectivity index is 1.55. The van der Waals surface area contributed by atoms with Crippen LogP contribution in [-0.4, -0.2) is 17.5 Å². The van der Waals surface area contributed by atoms with Crippen molar-refractivity contribution in [3.05, 3.63) is 76.3 Å². The number of halogens is 2. The summed E-state index contributed by atoms with van der Waals surface area (Å²) in [5.41, 5.74) is 4.45. The highest BCUT2D eigenvalue weighted by Gasteiger charge is 2.09. The molecule has 0 saturated carbocycles. The van der Waals surface area contributed by atoms with E-state index in [4.69, 9.17) is 23.2 Å². The van der Waals surface area contributed by atoms with Crippen molar-refractivity contribution in [2.24, 2.45) is 5.10 Å². The highest BCUT2D eigenvalue weighted by Crippen LogP contribution is 2.25. The minimum absolute atomic E-state index is 0.0365. The van der Waals surface area contributed by atoms with E-state index in [-0.39, 0.29) is 24.7 Å². The van der Waals surface area contributed by atoms with Crippen molar-refractivity contribution in [2.45, 2.75) is 19.8 Å². The number of amides is 2. The fourth-order valence-electron chi connectivity index (χ4n) is 2.87. The number of nitrogens with zero attached hydrogens (tertiary/aromatic N) is 1. The molecule has 0 saturated heterocycles. The van der Waals surface area contributed by atoms with Crippen LogP contribution in [0.5, 0.6) is 0 Å². The molecule has 0 spiro atoms. The van der Waals surface area contributed by atoms with Crippen LogP contribution in [0.1, 0.15) is 18.9 Å². The molecule has 148 valence electrons. The first-order valence-electron chi connectivity index (χ1n) is 8.96. The second-order valence-electron chi connectivity index (χ2n) is 6.55. The van der Waals surface area contributed by atoms with Crippen molar-refractivity contribution in [2.75, 3.05) is 5.32 Å². The highest BCUT2D eigenvalue weighted by atomic mass is 35.5. The van der Waals surface area contributed by atoms with Crippen LogP contribution in [0, 0.1) is 0 Å². The SMILES string of the molecule is CC(CC(=O)Nc1ccc(Cl)c(Cl)c1)=NNC(=O)Cc1cccc2ccccc12. The Bertz CT molecular complexity index is 1090. The van der Waals surface area contributed by atoms with Gasteiger partial charge in [-0.05, 0) is 41.5 Å². The third-order valence-corrected chi connectivity index (χ3v) is 4.96. The van der Waals surface area contributed by atoms with Crippen LogP contribution < -0.4 is 10.7 Å². The van der Waals surface area contributed by atoms with Gasteiger partial charge in [0.15, 0.2) is 0 Å². The number of fused-ring (bicyclic) bond motifs is 1. The molecule has 0 aromatic heterocycles. The Morgan fingerprint density at radius 1 is 0.931 bits per heavy atom. The van der Waals surface area contributed by atoms with Gasteiger partial charge >= 0.3 is 0 Å². The number of hydrazone groups is 1.